The number of rotatable bonds is 18. The summed E-state index contributed by atoms with van der Waals surface area (Å²) in [6.45, 7) is 9.71. The molecule has 31 heavy (non-hydrogen) atoms. The molecule has 0 amide bonds. The van der Waals surface area contributed by atoms with Gasteiger partial charge in [0.2, 0.25) is 0 Å². The van der Waals surface area contributed by atoms with Crippen LogP contribution < -0.4 is 0 Å². The van der Waals surface area contributed by atoms with E-state index in [1.165, 1.54) is 0 Å². The zero-order chi connectivity index (χ0) is 23.9. The first-order chi connectivity index (χ1) is 14.4. The molecular weight excluding hydrogens is 454 g/mol. The monoisotopic (exact) mass is 486 g/mol. The maximum absolute atomic E-state index is 12.5. The predicted octanol–water partition coefficient (Wildman–Crippen LogP) is 3.81. The second-order valence-corrected chi connectivity index (χ2v) is 9.63. The van der Waals surface area contributed by atoms with Crippen LogP contribution in [-0.2, 0) is 41.6 Å². The molecule has 0 aromatic rings. The normalized spacial score (nSPS) is 15.4. The number of unbranched alkanes of at least 4 members (excludes halogenated alkanes) is 2. The third-order valence-electron chi connectivity index (χ3n) is 3.68. The molecule has 11 nitrogen and oxygen atoms in total. The maximum Gasteiger partial charge on any atom is 0.483 e. The number of hydrogen-bond acceptors (Lipinski definition) is 9. The number of carbonyl (C=O) groups excluding carboxylic acids is 2. The van der Waals surface area contributed by atoms with Crippen LogP contribution in [0.3, 0.4) is 0 Å². The third-order valence-corrected chi connectivity index (χ3v) is 6.33. The lowest BCUT2D eigenvalue weighted by atomic mass is 10.2. The first-order valence-electron chi connectivity index (χ1n) is 9.73. The van der Waals surface area contributed by atoms with E-state index in [4.69, 9.17) is 28.3 Å². The van der Waals surface area contributed by atoms with Crippen molar-refractivity contribution in [1.82, 2.24) is 0 Å². The van der Waals surface area contributed by atoms with Gasteiger partial charge in [-0.2, -0.15) is 4.31 Å². The van der Waals surface area contributed by atoms with Crippen molar-refractivity contribution in [3.63, 3.8) is 0 Å². The zero-order valence-electron chi connectivity index (χ0n) is 17.8. The van der Waals surface area contributed by atoms with E-state index in [-0.39, 0.29) is 25.4 Å². The summed E-state index contributed by atoms with van der Waals surface area (Å²) in [4.78, 5) is 40.1. The van der Waals surface area contributed by atoms with Crippen LogP contribution in [0.15, 0.2) is 25.3 Å². The van der Waals surface area contributed by atoms with Gasteiger partial charge in [0.15, 0.2) is 0 Å². The number of phosphoric acid groups is 2. The van der Waals surface area contributed by atoms with Crippen LogP contribution in [0.4, 0.5) is 0 Å². The molecule has 0 saturated heterocycles. The number of carbonyl (C=O) groups is 2. The summed E-state index contributed by atoms with van der Waals surface area (Å²) in [6.07, 6.45) is 4.19. The second-order valence-electron chi connectivity index (χ2n) is 6.58. The third kappa shape index (κ3) is 17.0. The number of phosphoric ester groups is 1. The van der Waals surface area contributed by atoms with Gasteiger partial charge >= 0.3 is 27.6 Å². The van der Waals surface area contributed by atoms with Crippen molar-refractivity contribution in [3.05, 3.63) is 25.3 Å². The van der Waals surface area contributed by atoms with E-state index in [9.17, 15) is 18.7 Å². The Hall–Kier alpha value is -1.32. The lowest BCUT2D eigenvalue weighted by Gasteiger charge is -2.18. The Labute approximate surface area is 182 Å². The van der Waals surface area contributed by atoms with E-state index in [2.05, 4.69) is 17.5 Å². The standard InChI is InChI=1S/C18H32O11P2/c1-5-17(19)27-15(3)11-7-9-13-25-31(24,29-30(21,22)23)26-14-10-8-12-16(4)28-18(20)6-2/h5-6,15-16H,1-2,7-14H2,3-4H3,(H2,21,22,23). The van der Waals surface area contributed by atoms with Gasteiger partial charge < -0.3 is 19.3 Å². The first-order valence-corrected chi connectivity index (χ1v) is 12.7. The summed E-state index contributed by atoms with van der Waals surface area (Å²) in [7, 11) is -9.60. The molecule has 0 aliphatic heterocycles. The van der Waals surface area contributed by atoms with E-state index in [1.54, 1.807) is 13.8 Å². The van der Waals surface area contributed by atoms with Crippen LogP contribution in [0.1, 0.15) is 52.4 Å². The van der Waals surface area contributed by atoms with Crippen LogP contribution in [0.5, 0.6) is 0 Å². The van der Waals surface area contributed by atoms with Crippen LogP contribution in [0, 0.1) is 0 Å². The summed E-state index contributed by atoms with van der Waals surface area (Å²) >= 11 is 0. The van der Waals surface area contributed by atoms with Crippen LogP contribution in [0.2, 0.25) is 0 Å². The van der Waals surface area contributed by atoms with Gasteiger partial charge in [0.1, 0.15) is 0 Å². The molecule has 0 aromatic heterocycles. The smallest absolute Gasteiger partial charge is 0.460 e. The largest absolute Gasteiger partial charge is 0.483 e. The van der Waals surface area contributed by atoms with Crippen LogP contribution >= 0.6 is 15.6 Å². The lowest BCUT2D eigenvalue weighted by Crippen LogP contribution is -2.13. The minimum Gasteiger partial charge on any atom is -0.460 e. The van der Waals surface area contributed by atoms with Crippen molar-refractivity contribution in [2.45, 2.75) is 64.6 Å². The van der Waals surface area contributed by atoms with Gasteiger partial charge in [-0.05, 0) is 52.4 Å². The average Bonchev–Trinajstić information content (AvgIpc) is 2.65. The van der Waals surface area contributed by atoms with E-state index >= 15 is 0 Å². The molecular formula is C18H32O11P2. The quantitative estimate of drug-likeness (QED) is 0.126. The van der Waals surface area contributed by atoms with Gasteiger partial charge in [0, 0.05) is 12.2 Å². The summed E-state index contributed by atoms with van der Waals surface area (Å²) in [5, 5.41) is 0. The Morgan fingerprint density at radius 1 is 0.839 bits per heavy atom. The molecule has 0 bridgehead atoms. The van der Waals surface area contributed by atoms with E-state index in [0.717, 1.165) is 12.2 Å². The van der Waals surface area contributed by atoms with Crippen molar-refractivity contribution in [2.24, 2.45) is 0 Å². The molecule has 13 heteroatoms. The Morgan fingerprint density at radius 3 is 1.55 bits per heavy atom. The zero-order valence-corrected chi connectivity index (χ0v) is 19.6. The predicted molar refractivity (Wildman–Crippen MR) is 112 cm³/mol. The molecule has 0 aromatic carbocycles. The molecule has 0 heterocycles. The van der Waals surface area contributed by atoms with Gasteiger partial charge in [-0.15, -0.1) is 0 Å². The highest BCUT2D eigenvalue weighted by molar-refractivity contribution is 7.61. The molecule has 2 N–H and O–H groups in total. The number of esters is 2. The summed E-state index contributed by atoms with van der Waals surface area (Å²) in [5.41, 5.74) is 0. The summed E-state index contributed by atoms with van der Waals surface area (Å²) in [5.74, 6) is -1.07. The second kappa shape index (κ2) is 15.5. The molecule has 2 atom stereocenters. The van der Waals surface area contributed by atoms with E-state index in [1.807, 2.05) is 0 Å². The van der Waals surface area contributed by atoms with E-state index < -0.39 is 27.6 Å². The van der Waals surface area contributed by atoms with Crippen molar-refractivity contribution in [3.8, 4) is 0 Å². The molecule has 180 valence electrons. The first kappa shape index (κ1) is 29.7. The van der Waals surface area contributed by atoms with Gasteiger partial charge in [0.25, 0.3) is 0 Å². The highest BCUT2D eigenvalue weighted by Crippen LogP contribution is 2.61. The number of ether oxygens (including phenoxy) is 2. The van der Waals surface area contributed by atoms with Crippen LogP contribution in [0.25, 0.3) is 0 Å². The highest BCUT2D eigenvalue weighted by Gasteiger charge is 2.35. The topological polar surface area (TPSA) is 155 Å². The van der Waals surface area contributed by atoms with Crippen molar-refractivity contribution in [1.29, 1.82) is 0 Å². The Morgan fingerprint density at radius 2 is 1.23 bits per heavy atom. The van der Waals surface area contributed by atoms with Crippen molar-refractivity contribution >= 4 is 27.6 Å². The fourth-order valence-electron chi connectivity index (χ4n) is 2.25. The molecule has 0 aliphatic rings. The Kier molecular flexibility index (Phi) is 14.8. The van der Waals surface area contributed by atoms with Gasteiger partial charge in [-0.1, -0.05) is 13.2 Å². The van der Waals surface area contributed by atoms with Gasteiger partial charge in [-0.25, -0.2) is 18.7 Å². The Bertz CT molecular complexity index is 631. The minimum atomic E-state index is -5.12. The SMILES string of the molecule is C=CC(=O)OC(C)CCCCOP(=O)(OCCCCC(C)OC(=O)C=C)OP(=O)(O)O. The van der Waals surface area contributed by atoms with Crippen molar-refractivity contribution < 1.29 is 51.3 Å². The summed E-state index contributed by atoms with van der Waals surface area (Å²) < 4.78 is 47.8. The fourth-order valence-corrected chi connectivity index (χ4v) is 4.44. The lowest BCUT2D eigenvalue weighted by molar-refractivity contribution is -0.143. The summed E-state index contributed by atoms with van der Waals surface area (Å²) in [6, 6.07) is 0. The molecule has 0 spiro atoms. The molecule has 0 saturated carbocycles. The van der Waals surface area contributed by atoms with Gasteiger partial charge in [-0.3, -0.25) is 9.05 Å². The van der Waals surface area contributed by atoms with Crippen molar-refractivity contribution in [2.75, 3.05) is 13.2 Å². The number of hydrogen-bond donors (Lipinski definition) is 2. The molecule has 0 rings (SSSR count). The van der Waals surface area contributed by atoms with Crippen LogP contribution in [-0.4, -0.2) is 47.1 Å². The molecule has 0 radical (unpaired) electrons. The highest BCUT2D eigenvalue weighted by atomic mass is 31.3. The molecule has 0 aliphatic carbocycles. The van der Waals surface area contributed by atoms with E-state index in [0.29, 0.717) is 38.5 Å². The fraction of sp³-hybridized carbons (Fsp3) is 0.667. The average molecular weight is 486 g/mol. The molecule has 0 fully saturated rings. The van der Waals surface area contributed by atoms with Gasteiger partial charge in [0.05, 0.1) is 25.4 Å². The molecule has 2 unspecified atom stereocenters. The maximum atomic E-state index is 12.5. The Balaban J connectivity index is 4.34. The minimum absolute atomic E-state index is 0.145.